The van der Waals surface area contributed by atoms with Crippen molar-refractivity contribution in [2.75, 3.05) is 27.2 Å². The van der Waals surface area contributed by atoms with E-state index >= 15 is 0 Å². The first kappa shape index (κ1) is 13.9. The molecule has 86 valence electrons. The summed E-state index contributed by atoms with van der Waals surface area (Å²) in [5.74, 6) is -0.250. The van der Waals surface area contributed by atoms with Gasteiger partial charge in [0.2, 0.25) is 0 Å². The predicted octanol–water partition coefficient (Wildman–Crippen LogP) is 2.00. The maximum absolute atomic E-state index is 11.3. The number of allylic oxidation sites excluding steroid dienone is 1. The molecule has 0 unspecified atom stereocenters. The topological polar surface area (TPSA) is 29.5 Å². The third-order valence-corrected chi connectivity index (χ3v) is 1.91. The van der Waals surface area contributed by atoms with Crippen LogP contribution in [-0.4, -0.2) is 38.1 Å². The first-order valence-corrected chi connectivity index (χ1v) is 5.17. The zero-order chi connectivity index (χ0) is 11.7. The Morgan fingerprint density at radius 1 is 1.47 bits per heavy atom. The molecule has 0 spiro atoms. The van der Waals surface area contributed by atoms with Gasteiger partial charge in [-0.1, -0.05) is 18.7 Å². The van der Waals surface area contributed by atoms with E-state index in [0.29, 0.717) is 5.57 Å². The van der Waals surface area contributed by atoms with E-state index in [9.17, 15) is 4.79 Å². The highest BCUT2D eigenvalue weighted by molar-refractivity contribution is 5.87. The zero-order valence-electron chi connectivity index (χ0n) is 9.95. The second-order valence-electron chi connectivity index (χ2n) is 3.72. The van der Waals surface area contributed by atoms with E-state index < -0.39 is 0 Å². The first-order chi connectivity index (χ1) is 7.07. The lowest BCUT2D eigenvalue weighted by atomic mass is 10.2. The smallest absolute Gasteiger partial charge is 0.333 e. The van der Waals surface area contributed by atoms with Gasteiger partial charge < -0.3 is 9.64 Å². The Kier molecular flexibility index (Phi) is 7.64. The number of unbranched alkanes of at least 4 members (excludes halogenated alkanes) is 1. The van der Waals surface area contributed by atoms with Gasteiger partial charge in [-0.3, -0.25) is 0 Å². The van der Waals surface area contributed by atoms with Crippen LogP contribution in [0.3, 0.4) is 0 Å². The Bertz CT molecular complexity index is 232. The van der Waals surface area contributed by atoms with Gasteiger partial charge in [-0.15, -0.1) is 0 Å². The highest BCUT2D eigenvalue weighted by atomic mass is 16.5. The molecule has 0 bridgehead atoms. The molecule has 0 rings (SSSR count). The third kappa shape index (κ3) is 7.94. The van der Waals surface area contributed by atoms with Crippen molar-refractivity contribution in [2.24, 2.45) is 0 Å². The van der Waals surface area contributed by atoms with Crippen LogP contribution in [-0.2, 0) is 9.53 Å². The van der Waals surface area contributed by atoms with Crippen molar-refractivity contribution >= 4 is 5.97 Å². The number of ether oxygens (including phenoxy) is 1. The molecule has 0 aliphatic heterocycles. The van der Waals surface area contributed by atoms with Crippen LogP contribution in [0.4, 0.5) is 0 Å². The quantitative estimate of drug-likeness (QED) is 0.279. The van der Waals surface area contributed by atoms with E-state index in [2.05, 4.69) is 11.5 Å². The molecule has 0 aliphatic rings. The molecule has 3 heteroatoms. The third-order valence-electron chi connectivity index (χ3n) is 1.91. The highest BCUT2D eigenvalue weighted by Gasteiger charge is 2.03. The maximum Gasteiger partial charge on any atom is 0.333 e. The van der Waals surface area contributed by atoms with E-state index in [1.54, 1.807) is 13.0 Å². The van der Waals surface area contributed by atoms with Crippen LogP contribution in [0.5, 0.6) is 0 Å². The number of nitrogens with zero attached hydrogens (tertiary/aromatic N) is 1. The zero-order valence-corrected chi connectivity index (χ0v) is 9.95. The van der Waals surface area contributed by atoms with E-state index in [-0.39, 0.29) is 12.6 Å². The van der Waals surface area contributed by atoms with Crippen molar-refractivity contribution in [3.8, 4) is 0 Å². The van der Waals surface area contributed by atoms with Crippen molar-refractivity contribution < 1.29 is 9.53 Å². The molecule has 0 aromatic heterocycles. The Labute approximate surface area is 92.4 Å². The van der Waals surface area contributed by atoms with Crippen molar-refractivity contribution in [1.82, 2.24) is 4.90 Å². The molecule has 0 aromatic rings. The van der Waals surface area contributed by atoms with E-state index in [0.717, 1.165) is 19.4 Å². The SMILES string of the molecule is C=CCOC(=O)C(C)=CCCCN(C)C. The number of hydrogen-bond donors (Lipinski definition) is 0. The molecule has 0 N–H and O–H groups in total. The number of carbonyl (C=O) groups is 1. The normalized spacial score (nSPS) is 11.6. The van der Waals surface area contributed by atoms with Crippen LogP contribution in [0, 0.1) is 0 Å². The van der Waals surface area contributed by atoms with Gasteiger partial charge in [0.05, 0.1) is 0 Å². The number of esters is 1. The molecule has 0 aromatic carbocycles. The average Bonchev–Trinajstić information content (AvgIpc) is 2.20. The second kappa shape index (κ2) is 8.24. The molecular weight excluding hydrogens is 190 g/mol. The molecule has 0 atom stereocenters. The summed E-state index contributed by atoms with van der Waals surface area (Å²) in [7, 11) is 4.07. The molecule has 0 saturated heterocycles. The van der Waals surface area contributed by atoms with Crippen LogP contribution in [0.1, 0.15) is 19.8 Å². The Morgan fingerprint density at radius 2 is 2.13 bits per heavy atom. The van der Waals surface area contributed by atoms with Gasteiger partial charge in [0.25, 0.3) is 0 Å². The fraction of sp³-hybridized carbons (Fsp3) is 0.583. The monoisotopic (exact) mass is 211 g/mol. The van der Waals surface area contributed by atoms with Gasteiger partial charge >= 0.3 is 5.97 Å². The standard InChI is InChI=1S/C12H21NO2/c1-5-10-15-12(14)11(2)8-6-7-9-13(3)4/h5,8H,1,6-7,9-10H2,2-4H3. The van der Waals surface area contributed by atoms with Crippen molar-refractivity contribution in [3.63, 3.8) is 0 Å². The van der Waals surface area contributed by atoms with Gasteiger partial charge in [0.1, 0.15) is 6.61 Å². The number of hydrogen-bond acceptors (Lipinski definition) is 3. The molecule has 3 nitrogen and oxygen atoms in total. The Hall–Kier alpha value is -1.09. The molecule has 0 heterocycles. The number of rotatable bonds is 7. The summed E-state index contributed by atoms with van der Waals surface area (Å²) in [4.78, 5) is 13.4. The molecule has 0 fully saturated rings. The summed E-state index contributed by atoms with van der Waals surface area (Å²) < 4.78 is 4.90. The largest absolute Gasteiger partial charge is 0.458 e. The minimum atomic E-state index is -0.250. The summed E-state index contributed by atoms with van der Waals surface area (Å²) in [6.45, 7) is 6.58. The van der Waals surface area contributed by atoms with Crippen LogP contribution in [0.25, 0.3) is 0 Å². The predicted molar refractivity (Wildman–Crippen MR) is 62.7 cm³/mol. The number of carbonyl (C=O) groups excluding carboxylic acids is 1. The van der Waals surface area contributed by atoms with Crippen LogP contribution >= 0.6 is 0 Å². The van der Waals surface area contributed by atoms with E-state index in [4.69, 9.17) is 4.74 Å². The van der Waals surface area contributed by atoms with E-state index in [1.165, 1.54) is 0 Å². The summed E-state index contributed by atoms with van der Waals surface area (Å²) >= 11 is 0. The second-order valence-corrected chi connectivity index (χ2v) is 3.72. The summed E-state index contributed by atoms with van der Waals surface area (Å²) in [6, 6.07) is 0. The lowest BCUT2D eigenvalue weighted by Crippen LogP contribution is -2.12. The molecule has 0 radical (unpaired) electrons. The minimum absolute atomic E-state index is 0.250. The van der Waals surface area contributed by atoms with Gasteiger partial charge in [-0.05, 0) is 40.4 Å². The lowest BCUT2D eigenvalue weighted by Gasteiger charge is -2.07. The minimum Gasteiger partial charge on any atom is -0.458 e. The van der Waals surface area contributed by atoms with Crippen LogP contribution in [0.2, 0.25) is 0 Å². The molecule has 0 saturated carbocycles. The Morgan fingerprint density at radius 3 is 2.67 bits per heavy atom. The molecule has 0 aliphatic carbocycles. The van der Waals surface area contributed by atoms with Crippen LogP contribution in [0.15, 0.2) is 24.3 Å². The lowest BCUT2D eigenvalue weighted by molar-refractivity contribution is -0.137. The van der Waals surface area contributed by atoms with Gasteiger partial charge in [-0.2, -0.15) is 0 Å². The first-order valence-electron chi connectivity index (χ1n) is 5.17. The average molecular weight is 211 g/mol. The van der Waals surface area contributed by atoms with E-state index in [1.807, 2.05) is 20.2 Å². The Balaban J connectivity index is 3.76. The van der Waals surface area contributed by atoms with Gasteiger partial charge in [0.15, 0.2) is 0 Å². The summed E-state index contributed by atoms with van der Waals surface area (Å²) in [5.41, 5.74) is 0.676. The van der Waals surface area contributed by atoms with Gasteiger partial charge in [-0.25, -0.2) is 4.79 Å². The van der Waals surface area contributed by atoms with Crippen molar-refractivity contribution in [3.05, 3.63) is 24.3 Å². The van der Waals surface area contributed by atoms with Gasteiger partial charge in [0, 0.05) is 5.57 Å². The fourth-order valence-electron chi connectivity index (χ4n) is 1.06. The maximum atomic E-state index is 11.3. The summed E-state index contributed by atoms with van der Waals surface area (Å²) in [5, 5.41) is 0. The van der Waals surface area contributed by atoms with Crippen LogP contribution < -0.4 is 0 Å². The molecule has 15 heavy (non-hydrogen) atoms. The van der Waals surface area contributed by atoms with Crippen molar-refractivity contribution in [1.29, 1.82) is 0 Å². The highest BCUT2D eigenvalue weighted by Crippen LogP contribution is 2.01. The van der Waals surface area contributed by atoms with Crippen molar-refractivity contribution in [2.45, 2.75) is 19.8 Å². The fourth-order valence-corrected chi connectivity index (χ4v) is 1.06. The molecule has 0 amide bonds. The summed E-state index contributed by atoms with van der Waals surface area (Å²) in [6.07, 6.45) is 5.46. The molecular formula is C12H21NO2.